The Morgan fingerprint density at radius 2 is 1.86 bits per heavy atom. The van der Waals surface area contributed by atoms with Crippen molar-refractivity contribution in [3.05, 3.63) is 23.2 Å². The van der Waals surface area contributed by atoms with Crippen LogP contribution in [0.1, 0.15) is 39.5 Å². The number of halogens is 1. The molecule has 0 bridgehead atoms. The van der Waals surface area contributed by atoms with Crippen LogP contribution in [0.15, 0.2) is 18.2 Å². The van der Waals surface area contributed by atoms with E-state index in [1.165, 1.54) is 0 Å². The van der Waals surface area contributed by atoms with Crippen molar-refractivity contribution in [1.29, 1.82) is 0 Å². The molecule has 0 radical (unpaired) electrons. The Morgan fingerprint density at radius 3 is 2.55 bits per heavy atom. The highest BCUT2D eigenvalue weighted by molar-refractivity contribution is 6.33. The van der Waals surface area contributed by atoms with Gasteiger partial charge in [0.2, 0.25) is 11.8 Å². The van der Waals surface area contributed by atoms with Crippen LogP contribution >= 0.6 is 11.6 Å². The van der Waals surface area contributed by atoms with Crippen molar-refractivity contribution in [2.45, 2.75) is 39.5 Å². The normalized spacial score (nSPS) is 10.3. The van der Waals surface area contributed by atoms with Gasteiger partial charge >= 0.3 is 0 Å². The van der Waals surface area contributed by atoms with Gasteiger partial charge in [0.05, 0.1) is 17.3 Å². The number of hydrogen-bond donors (Lipinski definition) is 3. The molecule has 0 aliphatic heterocycles. The molecule has 0 aromatic heterocycles. The van der Waals surface area contributed by atoms with Crippen LogP contribution < -0.4 is 16.0 Å². The Balaban J connectivity index is 2.58. The summed E-state index contributed by atoms with van der Waals surface area (Å²) in [6.45, 7) is 5.09. The smallest absolute Gasteiger partial charge is 0.238 e. The van der Waals surface area contributed by atoms with Gasteiger partial charge in [-0.05, 0) is 37.6 Å². The van der Waals surface area contributed by atoms with E-state index in [0.717, 1.165) is 25.8 Å². The van der Waals surface area contributed by atoms with Crippen LogP contribution in [0.2, 0.25) is 5.02 Å². The second kappa shape index (κ2) is 10.2. The summed E-state index contributed by atoms with van der Waals surface area (Å²) in [5.41, 5.74) is 1.12. The molecule has 0 unspecified atom stereocenters. The molecule has 1 rings (SSSR count). The topological polar surface area (TPSA) is 70.2 Å². The molecule has 0 spiro atoms. The number of carbonyl (C=O) groups excluding carboxylic acids is 2. The molecule has 1 aromatic carbocycles. The van der Waals surface area contributed by atoms with E-state index in [1.54, 1.807) is 18.2 Å². The molecular formula is C16H24ClN3O2. The highest BCUT2D eigenvalue weighted by Gasteiger charge is 2.08. The van der Waals surface area contributed by atoms with Gasteiger partial charge in [-0.25, -0.2) is 0 Å². The SMILES string of the molecule is CCCCNCC(=O)Nc1cc(NC(=O)CCC)ccc1Cl. The number of benzene rings is 1. The molecule has 0 aliphatic rings. The average molecular weight is 326 g/mol. The molecule has 2 amide bonds. The predicted octanol–water partition coefficient (Wildman–Crippen LogP) is 3.41. The zero-order chi connectivity index (χ0) is 16.4. The van der Waals surface area contributed by atoms with Crippen molar-refractivity contribution < 1.29 is 9.59 Å². The molecule has 122 valence electrons. The number of unbranched alkanes of at least 4 members (excludes halogenated alkanes) is 1. The summed E-state index contributed by atoms with van der Waals surface area (Å²) in [7, 11) is 0. The van der Waals surface area contributed by atoms with Gasteiger partial charge in [0.25, 0.3) is 0 Å². The van der Waals surface area contributed by atoms with Gasteiger partial charge in [-0.2, -0.15) is 0 Å². The Hall–Kier alpha value is -1.59. The largest absolute Gasteiger partial charge is 0.326 e. The summed E-state index contributed by atoms with van der Waals surface area (Å²) in [5.74, 6) is -0.210. The van der Waals surface area contributed by atoms with Crippen LogP contribution in [0.4, 0.5) is 11.4 Å². The van der Waals surface area contributed by atoms with Gasteiger partial charge in [-0.15, -0.1) is 0 Å². The van der Waals surface area contributed by atoms with Gasteiger partial charge in [0.1, 0.15) is 0 Å². The van der Waals surface area contributed by atoms with Gasteiger partial charge in [0, 0.05) is 12.1 Å². The third kappa shape index (κ3) is 6.91. The Kier molecular flexibility index (Phi) is 8.55. The van der Waals surface area contributed by atoms with Crippen molar-refractivity contribution in [2.75, 3.05) is 23.7 Å². The van der Waals surface area contributed by atoms with E-state index in [9.17, 15) is 9.59 Å². The Morgan fingerprint density at radius 1 is 1.09 bits per heavy atom. The lowest BCUT2D eigenvalue weighted by molar-refractivity contribution is -0.116. The fourth-order valence-corrected chi connectivity index (χ4v) is 2.01. The zero-order valence-electron chi connectivity index (χ0n) is 13.2. The third-order valence-electron chi connectivity index (χ3n) is 2.99. The molecule has 1 aromatic rings. The Bertz CT molecular complexity index is 506. The molecule has 0 fully saturated rings. The number of amides is 2. The van der Waals surface area contributed by atoms with Crippen molar-refractivity contribution in [1.82, 2.24) is 5.32 Å². The minimum Gasteiger partial charge on any atom is -0.326 e. The molecule has 5 nitrogen and oxygen atoms in total. The third-order valence-corrected chi connectivity index (χ3v) is 3.32. The van der Waals surface area contributed by atoms with Gasteiger partial charge in [0.15, 0.2) is 0 Å². The molecule has 0 saturated heterocycles. The summed E-state index contributed by atoms with van der Waals surface area (Å²) in [6.07, 6.45) is 3.37. The first kappa shape index (κ1) is 18.5. The van der Waals surface area contributed by atoms with Crippen LogP contribution in [0.3, 0.4) is 0 Å². The molecule has 3 N–H and O–H groups in total. The van der Waals surface area contributed by atoms with E-state index in [0.29, 0.717) is 22.8 Å². The monoisotopic (exact) mass is 325 g/mol. The predicted molar refractivity (Wildman–Crippen MR) is 91.4 cm³/mol. The summed E-state index contributed by atoms with van der Waals surface area (Å²) in [6, 6.07) is 5.04. The van der Waals surface area contributed by atoms with E-state index < -0.39 is 0 Å². The molecule has 22 heavy (non-hydrogen) atoms. The molecule has 0 saturated carbocycles. The fourth-order valence-electron chi connectivity index (χ4n) is 1.85. The molecule has 0 atom stereocenters. The molecule has 6 heteroatoms. The second-order valence-electron chi connectivity index (χ2n) is 5.07. The minimum absolute atomic E-state index is 0.0525. The molecule has 0 heterocycles. The van der Waals surface area contributed by atoms with Crippen LogP contribution in [-0.4, -0.2) is 24.9 Å². The summed E-state index contributed by atoms with van der Waals surface area (Å²) in [4.78, 5) is 23.4. The lowest BCUT2D eigenvalue weighted by Gasteiger charge is -2.11. The first-order valence-electron chi connectivity index (χ1n) is 7.66. The maximum Gasteiger partial charge on any atom is 0.238 e. The summed E-state index contributed by atoms with van der Waals surface area (Å²) in [5, 5.41) is 9.03. The number of hydrogen-bond acceptors (Lipinski definition) is 3. The first-order chi connectivity index (χ1) is 10.6. The first-order valence-corrected chi connectivity index (χ1v) is 8.04. The maximum atomic E-state index is 11.8. The van der Waals surface area contributed by atoms with Crippen molar-refractivity contribution in [2.24, 2.45) is 0 Å². The van der Waals surface area contributed by atoms with Crippen molar-refractivity contribution in [3.8, 4) is 0 Å². The van der Waals surface area contributed by atoms with Crippen LogP contribution in [0.5, 0.6) is 0 Å². The number of nitrogens with one attached hydrogen (secondary N) is 3. The van der Waals surface area contributed by atoms with Gasteiger partial charge < -0.3 is 16.0 Å². The van der Waals surface area contributed by atoms with E-state index in [2.05, 4.69) is 22.9 Å². The van der Waals surface area contributed by atoms with E-state index in [4.69, 9.17) is 11.6 Å². The summed E-state index contributed by atoms with van der Waals surface area (Å²) >= 11 is 6.07. The average Bonchev–Trinajstić information content (AvgIpc) is 2.47. The number of anilines is 2. The van der Waals surface area contributed by atoms with E-state index >= 15 is 0 Å². The van der Waals surface area contributed by atoms with E-state index in [-0.39, 0.29) is 18.4 Å². The van der Waals surface area contributed by atoms with Crippen LogP contribution in [-0.2, 0) is 9.59 Å². The summed E-state index contributed by atoms with van der Waals surface area (Å²) < 4.78 is 0. The second-order valence-corrected chi connectivity index (χ2v) is 5.48. The number of carbonyl (C=O) groups is 2. The van der Waals surface area contributed by atoms with Gasteiger partial charge in [-0.1, -0.05) is 31.9 Å². The lowest BCUT2D eigenvalue weighted by atomic mass is 10.2. The molecular weight excluding hydrogens is 302 g/mol. The number of rotatable bonds is 9. The highest BCUT2D eigenvalue weighted by atomic mass is 35.5. The van der Waals surface area contributed by atoms with Crippen LogP contribution in [0, 0.1) is 0 Å². The fraction of sp³-hybridized carbons (Fsp3) is 0.500. The van der Waals surface area contributed by atoms with Crippen LogP contribution in [0.25, 0.3) is 0 Å². The van der Waals surface area contributed by atoms with E-state index in [1.807, 2.05) is 6.92 Å². The highest BCUT2D eigenvalue weighted by Crippen LogP contribution is 2.25. The Labute approximate surface area is 136 Å². The van der Waals surface area contributed by atoms with Crippen molar-refractivity contribution >= 4 is 34.8 Å². The zero-order valence-corrected chi connectivity index (χ0v) is 13.9. The maximum absolute atomic E-state index is 11.8. The van der Waals surface area contributed by atoms with Gasteiger partial charge in [-0.3, -0.25) is 9.59 Å². The quantitative estimate of drug-likeness (QED) is 0.609. The molecule has 0 aliphatic carbocycles. The minimum atomic E-state index is -0.157. The lowest BCUT2D eigenvalue weighted by Crippen LogP contribution is -2.28. The standard InChI is InChI=1S/C16H24ClN3O2/c1-3-5-9-18-11-16(22)20-14-10-12(7-8-13(14)17)19-15(21)6-4-2/h7-8,10,18H,3-6,9,11H2,1-2H3,(H,19,21)(H,20,22). The van der Waals surface area contributed by atoms with Crippen molar-refractivity contribution in [3.63, 3.8) is 0 Å².